The Hall–Kier alpha value is -3.73. The van der Waals surface area contributed by atoms with Gasteiger partial charge in [-0.05, 0) is 23.8 Å². The van der Waals surface area contributed by atoms with E-state index < -0.39 is 18.4 Å². The molecule has 0 saturated heterocycles. The molecule has 3 aromatic rings. The van der Waals surface area contributed by atoms with Crippen molar-refractivity contribution in [2.45, 2.75) is 0 Å². The number of para-hydroxylation sites is 1. The number of carbonyl (C=O) groups excluding carboxylic acids is 2. The first-order valence-electron chi connectivity index (χ1n) is 8.44. The van der Waals surface area contributed by atoms with Crippen molar-refractivity contribution in [1.82, 2.24) is 0 Å². The van der Waals surface area contributed by atoms with Crippen LogP contribution in [0.1, 0.15) is 26.3 Å². The molecule has 27 heavy (non-hydrogen) atoms. The normalized spacial score (nSPS) is 11.6. The topological polar surface area (TPSA) is 74.7 Å². The second-order valence-electron chi connectivity index (χ2n) is 6.22. The summed E-state index contributed by atoms with van der Waals surface area (Å²) in [6.45, 7) is -0.470. The third-order valence-electron chi connectivity index (χ3n) is 4.59. The Morgan fingerprint density at radius 3 is 2.11 bits per heavy atom. The first-order valence-corrected chi connectivity index (χ1v) is 8.44. The second-order valence-corrected chi connectivity index (χ2v) is 6.22. The number of amides is 1. The van der Waals surface area contributed by atoms with Gasteiger partial charge < -0.3 is 5.11 Å². The lowest BCUT2D eigenvalue weighted by atomic mass is 9.98. The summed E-state index contributed by atoms with van der Waals surface area (Å²) in [5.41, 5.74) is 3.08. The molecule has 0 bridgehead atoms. The molecule has 0 aromatic heterocycles. The van der Waals surface area contributed by atoms with Crippen molar-refractivity contribution < 1.29 is 19.5 Å². The fourth-order valence-electron chi connectivity index (χ4n) is 3.42. The van der Waals surface area contributed by atoms with Crippen molar-refractivity contribution in [3.05, 3.63) is 89.5 Å². The number of fused-ring (bicyclic) bond motifs is 3. The molecule has 0 fully saturated rings. The average Bonchev–Trinajstić information content (AvgIpc) is 2.99. The number of anilines is 1. The van der Waals surface area contributed by atoms with E-state index in [-0.39, 0.29) is 5.78 Å². The Labute approximate surface area is 155 Å². The number of hydrogen-bond donors (Lipinski definition) is 1. The highest BCUT2D eigenvalue weighted by Gasteiger charge is 2.32. The minimum absolute atomic E-state index is 0.125. The standard InChI is InChI=1S/C22H15NO4/c24-19(25)13-23(14-7-2-1-3-8-14)22(27)18-12-6-11-17-20(18)15-9-4-5-10-16(15)21(17)26/h1-12H,13H2,(H,24,25). The first-order chi connectivity index (χ1) is 13.1. The van der Waals surface area contributed by atoms with Crippen LogP contribution in [0.25, 0.3) is 11.1 Å². The van der Waals surface area contributed by atoms with E-state index in [4.69, 9.17) is 0 Å². The van der Waals surface area contributed by atoms with Crippen LogP contribution >= 0.6 is 0 Å². The highest BCUT2D eigenvalue weighted by Crippen LogP contribution is 2.39. The summed E-state index contributed by atoms with van der Waals surface area (Å²) in [6.07, 6.45) is 0. The van der Waals surface area contributed by atoms with Gasteiger partial charge in [-0.2, -0.15) is 0 Å². The minimum Gasteiger partial charge on any atom is -0.480 e. The monoisotopic (exact) mass is 357 g/mol. The molecular weight excluding hydrogens is 342 g/mol. The van der Waals surface area contributed by atoms with E-state index in [1.807, 2.05) is 6.07 Å². The fraction of sp³-hybridized carbons (Fsp3) is 0.0455. The molecule has 0 unspecified atom stereocenters. The maximum Gasteiger partial charge on any atom is 0.323 e. The molecule has 1 aliphatic rings. The van der Waals surface area contributed by atoms with Gasteiger partial charge in [0.15, 0.2) is 5.78 Å². The van der Waals surface area contributed by atoms with E-state index in [1.54, 1.807) is 66.7 Å². The van der Waals surface area contributed by atoms with Gasteiger partial charge in [0, 0.05) is 27.9 Å². The Balaban J connectivity index is 1.86. The highest BCUT2D eigenvalue weighted by molar-refractivity contribution is 6.25. The number of rotatable bonds is 4. The Morgan fingerprint density at radius 1 is 0.778 bits per heavy atom. The largest absolute Gasteiger partial charge is 0.480 e. The van der Waals surface area contributed by atoms with E-state index in [1.165, 1.54) is 4.90 Å². The lowest BCUT2D eigenvalue weighted by molar-refractivity contribution is -0.135. The van der Waals surface area contributed by atoms with E-state index in [9.17, 15) is 19.5 Å². The van der Waals surface area contributed by atoms with Crippen molar-refractivity contribution >= 4 is 23.3 Å². The summed E-state index contributed by atoms with van der Waals surface area (Å²) in [7, 11) is 0. The molecule has 0 radical (unpaired) electrons. The average molecular weight is 357 g/mol. The van der Waals surface area contributed by atoms with Gasteiger partial charge in [0.2, 0.25) is 0 Å². The molecule has 132 valence electrons. The molecule has 3 aromatic carbocycles. The van der Waals surface area contributed by atoms with Gasteiger partial charge >= 0.3 is 5.97 Å². The molecule has 5 heteroatoms. The number of carboxylic acid groups (broad SMARTS) is 1. The Morgan fingerprint density at radius 2 is 1.41 bits per heavy atom. The van der Waals surface area contributed by atoms with Crippen LogP contribution in [0, 0.1) is 0 Å². The van der Waals surface area contributed by atoms with Crippen LogP contribution in [0.15, 0.2) is 72.8 Å². The Kier molecular flexibility index (Phi) is 4.05. The molecule has 5 nitrogen and oxygen atoms in total. The molecule has 0 aliphatic heterocycles. The van der Waals surface area contributed by atoms with Crippen molar-refractivity contribution in [2.75, 3.05) is 11.4 Å². The zero-order chi connectivity index (χ0) is 19.0. The van der Waals surface area contributed by atoms with E-state index in [0.717, 1.165) is 0 Å². The first kappa shape index (κ1) is 16.7. The van der Waals surface area contributed by atoms with E-state index in [2.05, 4.69) is 0 Å². The van der Waals surface area contributed by atoms with Gasteiger partial charge in [-0.25, -0.2) is 0 Å². The minimum atomic E-state index is -1.11. The molecule has 1 N–H and O–H groups in total. The van der Waals surface area contributed by atoms with Crippen LogP contribution in [0.3, 0.4) is 0 Å². The number of aliphatic carboxylic acids is 1. The van der Waals surface area contributed by atoms with Gasteiger partial charge in [0.1, 0.15) is 6.54 Å². The van der Waals surface area contributed by atoms with Crippen LogP contribution in [0.4, 0.5) is 5.69 Å². The number of benzene rings is 3. The SMILES string of the molecule is O=C(O)CN(C(=O)c1cccc2c1-c1ccccc1C2=O)c1ccccc1. The van der Waals surface area contributed by atoms with Crippen LogP contribution in [-0.4, -0.2) is 29.3 Å². The third kappa shape index (κ3) is 2.79. The number of ketones is 1. The van der Waals surface area contributed by atoms with Crippen LogP contribution in [-0.2, 0) is 4.79 Å². The smallest absolute Gasteiger partial charge is 0.323 e. The fourth-order valence-corrected chi connectivity index (χ4v) is 3.42. The molecule has 4 rings (SSSR count). The number of carboxylic acids is 1. The molecule has 1 amide bonds. The molecular formula is C22H15NO4. The van der Waals surface area contributed by atoms with Crippen LogP contribution < -0.4 is 4.90 Å². The maximum atomic E-state index is 13.3. The van der Waals surface area contributed by atoms with Crippen molar-refractivity contribution in [3.63, 3.8) is 0 Å². The third-order valence-corrected chi connectivity index (χ3v) is 4.59. The summed E-state index contributed by atoms with van der Waals surface area (Å²) in [5.74, 6) is -1.69. The number of carbonyl (C=O) groups is 3. The number of hydrogen-bond acceptors (Lipinski definition) is 3. The van der Waals surface area contributed by atoms with Crippen molar-refractivity contribution in [2.24, 2.45) is 0 Å². The molecule has 0 saturated carbocycles. The summed E-state index contributed by atoms with van der Waals surface area (Å²) >= 11 is 0. The lowest BCUT2D eigenvalue weighted by Gasteiger charge is -2.22. The van der Waals surface area contributed by atoms with E-state index in [0.29, 0.717) is 33.5 Å². The van der Waals surface area contributed by atoms with Gasteiger partial charge in [0.05, 0.1) is 0 Å². The lowest BCUT2D eigenvalue weighted by Crippen LogP contribution is -2.36. The Bertz CT molecular complexity index is 1070. The summed E-state index contributed by atoms with van der Waals surface area (Å²) < 4.78 is 0. The number of nitrogens with zero attached hydrogens (tertiary/aromatic N) is 1. The molecule has 0 atom stereocenters. The quantitative estimate of drug-likeness (QED) is 0.605. The zero-order valence-electron chi connectivity index (χ0n) is 14.3. The summed E-state index contributed by atoms with van der Waals surface area (Å²) in [5, 5.41) is 9.29. The van der Waals surface area contributed by atoms with Crippen molar-refractivity contribution in [3.8, 4) is 11.1 Å². The predicted octanol–water partition coefficient (Wildman–Crippen LogP) is 3.63. The zero-order valence-corrected chi connectivity index (χ0v) is 14.3. The maximum absolute atomic E-state index is 13.3. The molecule has 1 aliphatic carbocycles. The molecule has 0 heterocycles. The summed E-state index contributed by atoms with van der Waals surface area (Å²) in [4.78, 5) is 38.5. The van der Waals surface area contributed by atoms with Gasteiger partial charge in [-0.3, -0.25) is 19.3 Å². The van der Waals surface area contributed by atoms with Crippen LogP contribution in [0.2, 0.25) is 0 Å². The molecule has 0 spiro atoms. The van der Waals surface area contributed by atoms with Crippen molar-refractivity contribution in [1.29, 1.82) is 0 Å². The van der Waals surface area contributed by atoms with Gasteiger partial charge in [-0.15, -0.1) is 0 Å². The second kappa shape index (κ2) is 6.53. The highest BCUT2D eigenvalue weighted by atomic mass is 16.4. The van der Waals surface area contributed by atoms with Gasteiger partial charge in [0.25, 0.3) is 5.91 Å². The summed E-state index contributed by atoms with van der Waals surface area (Å²) in [6, 6.07) is 20.8. The van der Waals surface area contributed by atoms with E-state index >= 15 is 0 Å². The van der Waals surface area contributed by atoms with Crippen LogP contribution in [0.5, 0.6) is 0 Å². The predicted molar refractivity (Wildman–Crippen MR) is 101 cm³/mol. The van der Waals surface area contributed by atoms with Gasteiger partial charge in [-0.1, -0.05) is 54.6 Å².